The fourth-order valence-corrected chi connectivity index (χ4v) is 1.85. The van der Waals surface area contributed by atoms with Gasteiger partial charge < -0.3 is 4.74 Å². The number of fused-ring (bicyclic) bond motifs is 1. The number of allylic oxidation sites excluding steroid dienone is 1. The van der Waals surface area contributed by atoms with Gasteiger partial charge in [0.2, 0.25) is 0 Å². The van der Waals surface area contributed by atoms with E-state index in [1.807, 2.05) is 6.08 Å². The molecular formula is C9H10O3. The normalized spacial score (nSPS) is 39.6. The number of esters is 2. The number of carbonyl (C=O) groups excluding carboxylic acids is 2. The Labute approximate surface area is 70.4 Å². The second-order valence-corrected chi connectivity index (χ2v) is 3.52. The van der Waals surface area contributed by atoms with Crippen LogP contribution in [-0.2, 0) is 14.3 Å². The molecule has 0 aromatic heterocycles. The van der Waals surface area contributed by atoms with Crippen molar-refractivity contribution in [1.29, 1.82) is 0 Å². The quantitative estimate of drug-likeness (QED) is 0.307. The molecular weight excluding hydrogens is 156 g/mol. The van der Waals surface area contributed by atoms with Gasteiger partial charge >= 0.3 is 11.9 Å². The van der Waals surface area contributed by atoms with Crippen LogP contribution in [-0.4, -0.2) is 11.9 Å². The standard InChI is InChI=1S/C9H10O3/c1-9-5-3-2-4-6(9)7(10)12-8(9)11/h3,5-6H,2,4H2,1H3/t6-,9+/m0/s1. The number of hydrogen-bond acceptors (Lipinski definition) is 3. The lowest BCUT2D eigenvalue weighted by atomic mass is 9.73. The van der Waals surface area contributed by atoms with Gasteiger partial charge in [0.15, 0.2) is 0 Å². The maximum Gasteiger partial charge on any atom is 0.324 e. The van der Waals surface area contributed by atoms with Gasteiger partial charge in [-0.2, -0.15) is 0 Å². The summed E-state index contributed by atoms with van der Waals surface area (Å²) < 4.78 is 4.58. The fraction of sp³-hybridized carbons (Fsp3) is 0.556. The van der Waals surface area contributed by atoms with Gasteiger partial charge in [0.05, 0.1) is 11.3 Å². The van der Waals surface area contributed by atoms with Gasteiger partial charge in [-0.3, -0.25) is 9.59 Å². The van der Waals surface area contributed by atoms with Crippen LogP contribution in [0.5, 0.6) is 0 Å². The summed E-state index contributed by atoms with van der Waals surface area (Å²) in [6.45, 7) is 1.76. The van der Waals surface area contributed by atoms with Gasteiger partial charge in [-0.05, 0) is 19.8 Å². The average molecular weight is 166 g/mol. The lowest BCUT2D eigenvalue weighted by Gasteiger charge is -2.24. The predicted octanol–water partition coefficient (Wildman–Crippen LogP) is 1.04. The Balaban J connectivity index is 2.44. The minimum Gasteiger partial charge on any atom is -0.392 e. The molecule has 2 atom stereocenters. The fourth-order valence-electron chi connectivity index (χ4n) is 1.85. The van der Waals surface area contributed by atoms with E-state index >= 15 is 0 Å². The Morgan fingerprint density at radius 1 is 1.58 bits per heavy atom. The van der Waals surface area contributed by atoms with Crippen LogP contribution in [0.15, 0.2) is 12.2 Å². The molecule has 3 nitrogen and oxygen atoms in total. The smallest absolute Gasteiger partial charge is 0.324 e. The zero-order valence-corrected chi connectivity index (χ0v) is 6.87. The molecule has 1 aliphatic heterocycles. The zero-order valence-electron chi connectivity index (χ0n) is 6.87. The maximum absolute atomic E-state index is 11.2. The molecule has 2 rings (SSSR count). The van der Waals surface area contributed by atoms with Crippen LogP contribution in [0.25, 0.3) is 0 Å². The lowest BCUT2D eigenvalue weighted by molar-refractivity contribution is -0.154. The lowest BCUT2D eigenvalue weighted by Crippen LogP contribution is -2.30. The second-order valence-electron chi connectivity index (χ2n) is 3.52. The molecule has 1 saturated heterocycles. The predicted molar refractivity (Wildman–Crippen MR) is 41.1 cm³/mol. The van der Waals surface area contributed by atoms with Gasteiger partial charge in [0.1, 0.15) is 0 Å². The summed E-state index contributed by atoms with van der Waals surface area (Å²) in [5.74, 6) is -0.990. The van der Waals surface area contributed by atoms with E-state index in [1.54, 1.807) is 13.0 Å². The van der Waals surface area contributed by atoms with E-state index in [0.29, 0.717) is 0 Å². The monoisotopic (exact) mass is 166 g/mol. The highest BCUT2D eigenvalue weighted by atomic mass is 16.6. The first-order chi connectivity index (χ1) is 5.64. The molecule has 1 heterocycles. The first-order valence-corrected chi connectivity index (χ1v) is 4.08. The largest absolute Gasteiger partial charge is 0.392 e. The number of ether oxygens (including phenoxy) is 1. The molecule has 0 radical (unpaired) electrons. The van der Waals surface area contributed by atoms with E-state index in [2.05, 4.69) is 4.74 Å². The highest BCUT2D eigenvalue weighted by Crippen LogP contribution is 2.42. The topological polar surface area (TPSA) is 43.4 Å². The molecule has 0 unspecified atom stereocenters. The molecule has 0 spiro atoms. The third-order valence-electron chi connectivity index (χ3n) is 2.73. The third kappa shape index (κ3) is 0.763. The van der Waals surface area contributed by atoms with E-state index in [9.17, 15) is 9.59 Å². The molecule has 0 N–H and O–H groups in total. The van der Waals surface area contributed by atoms with Gasteiger partial charge in [0, 0.05) is 0 Å². The van der Waals surface area contributed by atoms with Crippen molar-refractivity contribution < 1.29 is 14.3 Å². The van der Waals surface area contributed by atoms with Crippen LogP contribution >= 0.6 is 0 Å². The van der Waals surface area contributed by atoms with Gasteiger partial charge in [-0.25, -0.2) is 0 Å². The zero-order chi connectivity index (χ0) is 8.77. The minimum absolute atomic E-state index is 0.241. The molecule has 0 saturated carbocycles. The molecule has 0 amide bonds. The molecule has 3 heteroatoms. The molecule has 0 aromatic carbocycles. The van der Waals surface area contributed by atoms with Crippen molar-refractivity contribution in [1.82, 2.24) is 0 Å². The van der Waals surface area contributed by atoms with Crippen molar-refractivity contribution in [3.63, 3.8) is 0 Å². The van der Waals surface area contributed by atoms with Crippen molar-refractivity contribution in [2.75, 3.05) is 0 Å². The van der Waals surface area contributed by atoms with Crippen LogP contribution in [0.1, 0.15) is 19.8 Å². The molecule has 0 bridgehead atoms. The van der Waals surface area contributed by atoms with Crippen molar-refractivity contribution in [3.05, 3.63) is 12.2 Å². The van der Waals surface area contributed by atoms with Crippen LogP contribution in [0.2, 0.25) is 0 Å². The first kappa shape index (κ1) is 7.53. The van der Waals surface area contributed by atoms with E-state index < -0.39 is 11.4 Å². The van der Waals surface area contributed by atoms with E-state index in [0.717, 1.165) is 12.8 Å². The molecule has 64 valence electrons. The average Bonchev–Trinajstić information content (AvgIpc) is 2.25. The number of rotatable bonds is 0. The summed E-state index contributed by atoms with van der Waals surface area (Å²) in [5.41, 5.74) is -0.671. The van der Waals surface area contributed by atoms with Crippen LogP contribution in [0.4, 0.5) is 0 Å². The Hall–Kier alpha value is -1.12. The maximum atomic E-state index is 11.2. The van der Waals surface area contributed by atoms with Crippen molar-refractivity contribution in [2.45, 2.75) is 19.8 Å². The van der Waals surface area contributed by atoms with Gasteiger partial charge in [-0.1, -0.05) is 12.2 Å². The molecule has 0 aromatic rings. The molecule has 2 aliphatic rings. The van der Waals surface area contributed by atoms with E-state index in [4.69, 9.17) is 0 Å². The van der Waals surface area contributed by atoms with Gasteiger partial charge in [-0.15, -0.1) is 0 Å². The van der Waals surface area contributed by atoms with Crippen molar-refractivity contribution in [3.8, 4) is 0 Å². The summed E-state index contributed by atoms with van der Waals surface area (Å²) in [5, 5.41) is 0. The highest BCUT2D eigenvalue weighted by molar-refractivity contribution is 6.00. The highest BCUT2D eigenvalue weighted by Gasteiger charge is 2.53. The number of hydrogen-bond donors (Lipinski definition) is 0. The van der Waals surface area contributed by atoms with E-state index in [1.165, 1.54) is 0 Å². The Bertz CT molecular complexity index is 279. The second kappa shape index (κ2) is 2.19. The number of cyclic esters (lactones) is 2. The number of carbonyl (C=O) groups is 2. The van der Waals surface area contributed by atoms with Crippen molar-refractivity contribution in [2.24, 2.45) is 11.3 Å². The first-order valence-electron chi connectivity index (χ1n) is 4.08. The summed E-state index contributed by atoms with van der Waals surface area (Å²) in [7, 11) is 0. The Morgan fingerprint density at radius 2 is 2.33 bits per heavy atom. The van der Waals surface area contributed by atoms with Crippen LogP contribution in [0.3, 0.4) is 0 Å². The summed E-state index contributed by atoms with van der Waals surface area (Å²) in [6.07, 6.45) is 5.34. The molecule has 12 heavy (non-hydrogen) atoms. The minimum atomic E-state index is -0.671. The molecule has 1 aliphatic carbocycles. The van der Waals surface area contributed by atoms with E-state index in [-0.39, 0.29) is 11.9 Å². The van der Waals surface area contributed by atoms with Crippen LogP contribution < -0.4 is 0 Å². The Kier molecular flexibility index (Phi) is 1.37. The van der Waals surface area contributed by atoms with Crippen LogP contribution in [0, 0.1) is 11.3 Å². The summed E-state index contributed by atoms with van der Waals surface area (Å²) in [6, 6.07) is 0. The molecule has 1 fully saturated rings. The summed E-state index contributed by atoms with van der Waals surface area (Å²) in [4.78, 5) is 22.4. The summed E-state index contributed by atoms with van der Waals surface area (Å²) >= 11 is 0. The SMILES string of the molecule is C[C@@]12C=CCC[C@H]1C(=O)OC2=O. The van der Waals surface area contributed by atoms with Crippen molar-refractivity contribution >= 4 is 11.9 Å². The van der Waals surface area contributed by atoms with Gasteiger partial charge in [0.25, 0.3) is 0 Å². The third-order valence-corrected chi connectivity index (χ3v) is 2.73. The Morgan fingerprint density at radius 3 is 3.00 bits per heavy atom.